The highest BCUT2D eigenvalue weighted by molar-refractivity contribution is 7.17. The maximum absolute atomic E-state index is 12.7. The Bertz CT molecular complexity index is 899. The van der Waals surface area contributed by atoms with Crippen molar-refractivity contribution < 1.29 is 9.53 Å². The van der Waals surface area contributed by atoms with Crippen molar-refractivity contribution in [2.45, 2.75) is 20.8 Å². The first-order valence-electron chi connectivity index (χ1n) is 7.73. The molecule has 7 heteroatoms. The van der Waals surface area contributed by atoms with Crippen molar-refractivity contribution in [3.63, 3.8) is 0 Å². The lowest BCUT2D eigenvalue weighted by Crippen LogP contribution is -2.15. The summed E-state index contributed by atoms with van der Waals surface area (Å²) in [6.45, 7) is 5.45. The Morgan fingerprint density at radius 3 is 2.24 bits per heavy atom. The summed E-state index contributed by atoms with van der Waals surface area (Å²) in [5.74, 6) is -0.211. The molecule has 0 aliphatic heterocycles. The van der Waals surface area contributed by atoms with Gasteiger partial charge >= 0.3 is 6.01 Å². The molecular formula is C18H18N4O2S. The zero-order valence-electron chi connectivity index (χ0n) is 14.5. The number of nitrogens with zero attached hydrogens (tertiary/aromatic N) is 3. The Hall–Kier alpha value is -2.80. The Kier molecular flexibility index (Phi) is 4.76. The molecule has 0 unspecified atom stereocenters. The number of anilines is 1. The first-order chi connectivity index (χ1) is 12.0. The van der Waals surface area contributed by atoms with Crippen molar-refractivity contribution in [2.24, 2.45) is 0 Å². The summed E-state index contributed by atoms with van der Waals surface area (Å²) >= 11 is 1.37. The van der Waals surface area contributed by atoms with Gasteiger partial charge in [-0.2, -0.15) is 9.97 Å². The molecule has 0 saturated heterocycles. The quantitative estimate of drug-likeness (QED) is 0.771. The van der Waals surface area contributed by atoms with Gasteiger partial charge in [0.2, 0.25) is 0 Å². The van der Waals surface area contributed by atoms with Gasteiger partial charge in [-0.05, 0) is 20.8 Å². The number of methoxy groups -OCH3 is 1. The second-order valence-electron chi connectivity index (χ2n) is 5.51. The summed E-state index contributed by atoms with van der Waals surface area (Å²) in [6, 6.07) is 10.1. The fourth-order valence-corrected chi connectivity index (χ4v) is 3.41. The third kappa shape index (κ3) is 3.51. The number of carbonyl (C=O) groups is 1. The number of ether oxygens (including phenoxy) is 1. The third-order valence-electron chi connectivity index (χ3n) is 3.69. The van der Waals surface area contributed by atoms with E-state index in [0.717, 1.165) is 10.6 Å². The van der Waals surface area contributed by atoms with Gasteiger partial charge in [-0.3, -0.25) is 4.79 Å². The highest BCUT2D eigenvalue weighted by Crippen LogP contribution is 2.29. The van der Waals surface area contributed by atoms with E-state index in [0.29, 0.717) is 27.6 Å². The van der Waals surface area contributed by atoms with Gasteiger partial charge in [0.15, 0.2) is 0 Å². The average Bonchev–Trinajstić information content (AvgIpc) is 3.00. The van der Waals surface area contributed by atoms with Crippen LogP contribution in [0, 0.1) is 20.8 Å². The van der Waals surface area contributed by atoms with E-state index in [1.807, 2.05) is 51.1 Å². The fraction of sp³-hybridized carbons (Fsp3) is 0.222. The van der Waals surface area contributed by atoms with Crippen molar-refractivity contribution >= 4 is 22.9 Å². The molecule has 0 bridgehead atoms. The number of benzene rings is 1. The van der Waals surface area contributed by atoms with Gasteiger partial charge in [-0.1, -0.05) is 30.3 Å². The largest absolute Gasteiger partial charge is 0.467 e. The summed E-state index contributed by atoms with van der Waals surface area (Å²) in [5.41, 5.74) is 3.60. The highest BCUT2D eigenvalue weighted by atomic mass is 32.1. The molecule has 0 radical (unpaired) electrons. The standard InChI is InChI=1S/C18H18N4O2S/c1-10-14(11(2)21-18(20-10)24-4)22-16(23)15-12(3)19-17(25-15)13-8-6-5-7-9-13/h5-9H,1-4H3,(H,22,23). The lowest BCUT2D eigenvalue weighted by molar-refractivity contribution is 0.102. The predicted molar refractivity (Wildman–Crippen MR) is 98.3 cm³/mol. The van der Waals surface area contributed by atoms with Crippen LogP contribution >= 0.6 is 11.3 Å². The molecule has 0 saturated carbocycles. The molecule has 0 aliphatic rings. The molecule has 3 aromatic rings. The van der Waals surface area contributed by atoms with Gasteiger partial charge in [-0.25, -0.2) is 4.98 Å². The molecule has 1 N–H and O–H groups in total. The minimum absolute atomic E-state index is 0.211. The summed E-state index contributed by atoms with van der Waals surface area (Å²) in [6.07, 6.45) is 0. The molecule has 25 heavy (non-hydrogen) atoms. The van der Waals surface area contributed by atoms with Crippen LogP contribution < -0.4 is 10.1 Å². The third-order valence-corrected chi connectivity index (χ3v) is 4.90. The summed E-state index contributed by atoms with van der Waals surface area (Å²) in [7, 11) is 1.51. The lowest BCUT2D eigenvalue weighted by atomic mass is 10.2. The predicted octanol–water partition coefficient (Wildman–Crippen LogP) is 3.79. The number of aromatic nitrogens is 3. The molecule has 2 heterocycles. The van der Waals surface area contributed by atoms with Crippen molar-refractivity contribution in [3.05, 3.63) is 52.3 Å². The number of aryl methyl sites for hydroxylation is 3. The van der Waals surface area contributed by atoms with Gasteiger partial charge in [0, 0.05) is 5.56 Å². The second kappa shape index (κ2) is 6.98. The van der Waals surface area contributed by atoms with E-state index in [9.17, 15) is 4.79 Å². The molecule has 0 fully saturated rings. The molecule has 0 atom stereocenters. The monoisotopic (exact) mass is 354 g/mol. The van der Waals surface area contributed by atoms with E-state index in [1.165, 1.54) is 18.4 Å². The number of thiazole rings is 1. The zero-order chi connectivity index (χ0) is 18.0. The molecule has 6 nitrogen and oxygen atoms in total. The number of amides is 1. The Labute approximate surface area is 149 Å². The zero-order valence-corrected chi connectivity index (χ0v) is 15.3. The van der Waals surface area contributed by atoms with Gasteiger partial charge in [0.05, 0.1) is 29.9 Å². The Balaban J connectivity index is 1.89. The van der Waals surface area contributed by atoms with Crippen LogP contribution in [-0.2, 0) is 0 Å². The molecule has 1 aromatic carbocycles. The van der Waals surface area contributed by atoms with E-state index in [1.54, 1.807) is 0 Å². The number of rotatable bonds is 4. The number of carbonyl (C=O) groups excluding carboxylic acids is 1. The van der Waals surface area contributed by atoms with Crippen molar-refractivity contribution in [1.82, 2.24) is 15.0 Å². The Morgan fingerprint density at radius 1 is 1.00 bits per heavy atom. The topological polar surface area (TPSA) is 77.0 Å². The lowest BCUT2D eigenvalue weighted by Gasteiger charge is -2.11. The molecule has 0 aliphatic carbocycles. The van der Waals surface area contributed by atoms with E-state index in [-0.39, 0.29) is 11.9 Å². The number of nitrogens with one attached hydrogen (secondary N) is 1. The van der Waals surface area contributed by atoms with Gasteiger partial charge in [-0.15, -0.1) is 11.3 Å². The molecule has 128 valence electrons. The molecule has 3 rings (SSSR count). The molecular weight excluding hydrogens is 336 g/mol. The van der Waals surface area contributed by atoms with Crippen LogP contribution in [0.5, 0.6) is 6.01 Å². The first-order valence-corrected chi connectivity index (χ1v) is 8.54. The SMILES string of the molecule is COc1nc(C)c(NC(=O)c2sc(-c3ccccc3)nc2C)c(C)n1. The van der Waals surface area contributed by atoms with Crippen LogP contribution in [0.2, 0.25) is 0 Å². The average molecular weight is 354 g/mol. The van der Waals surface area contributed by atoms with Crippen molar-refractivity contribution in [2.75, 3.05) is 12.4 Å². The van der Waals surface area contributed by atoms with Gasteiger partial charge in [0.25, 0.3) is 5.91 Å². The summed E-state index contributed by atoms with van der Waals surface area (Å²) < 4.78 is 5.05. The highest BCUT2D eigenvalue weighted by Gasteiger charge is 2.19. The van der Waals surface area contributed by atoms with E-state index < -0.39 is 0 Å². The number of hydrogen-bond acceptors (Lipinski definition) is 6. The summed E-state index contributed by atoms with van der Waals surface area (Å²) in [5, 5.41) is 3.72. The van der Waals surface area contributed by atoms with Gasteiger partial charge < -0.3 is 10.1 Å². The molecule has 1 amide bonds. The minimum Gasteiger partial charge on any atom is -0.467 e. The number of hydrogen-bond donors (Lipinski definition) is 1. The van der Waals surface area contributed by atoms with Crippen LogP contribution in [0.4, 0.5) is 5.69 Å². The first kappa shape index (κ1) is 17.0. The Morgan fingerprint density at radius 2 is 1.64 bits per heavy atom. The van der Waals surface area contributed by atoms with E-state index in [2.05, 4.69) is 20.3 Å². The van der Waals surface area contributed by atoms with Crippen molar-refractivity contribution in [3.8, 4) is 16.6 Å². The molecule has 2 aromatic heterocycles. The maximum Gasteiger partial charge on any atom is 0.316 e. The second-order valence-corrected chi connectivity index (χ2v) is 6.51. The van der Waals surface area contributed by atoms with E-state index in [4.69, 9.17) is 4.74 Å². The minimum atomic E-state index is -0.211. The van der Waals surface area contributed by atoms with Crippen LogP contribution in [0.15, 0.2) is 30.3 Å². The molecule has 0 spiro atoms. The van der Waals surface area contributed by atoms with Crippen molar-refractivity contribution in [1.29, 1.82) is 0 Å². The fourth-order valence-electron chi connectivity index (χ4n) is 2.44. The smallest absolute Gasteiger partial charge is 0.316 e. The maximum atomic E-state index is 12.7. The van der Waals surface area contributed by atoms with Gasteiger partial charge in [0.1, 0.15) is 9.88 Å². The normalized spacial score (nSPS) is 10.6. The van der Waals surface area contributed by atoms with Crippen LogP contribution in [0.1, 0.15) is 26.8 Å². The van der Waals surface area contributed by atoms with Crippen LogP contribution in [0.25, 0.3) is 10.6 Å². The van der Waals surface area contributed by atoms with Crippen LogP contribution in [0.3, 0.4) is 0 Å². The summed E-state index contributed by atoms with van der Waals surface area (Å²) in [4.78, 5) is 26.2. The van der Waals surface area contributed by atoms with E-state index >= 15 is 0 Å². The van der Waals surface area contributed by atoms with Crippen LogP contribution in [-0.4, -0.2) is 28.0 Å².